The maximum atomic E-state index is 6.52. The number of benzene rings is 3. The maximum absolute atomic E-state index is 6.52. The van der Waals surface area contributed by atoms with Crippen molar-refractivity contribution < 1.29 is 0 Å². The van der Waals surface area contributed by atoms with Crippen LogP contribution in [-0.4, -0.2) is 9.55 Å². The second kappa shape index (κ2) is 6.57. The quantitative estimate of drug-likeness (QED) is 0.352. The summed E-state index contributed by atoms with van der Waals surface area (Å²) in [6.45, 7) is 0.786. The SMILES string of the molecule is Clc1ccccc1-c1nccc2c3ccccc3n(Cc3ccccc3)c12. The van der Waals surface area contributed by atoms with Gasteiger partial charge in [-0.25, -0.2) is 0 Å². The van der Waals surface area contributed by atoms with Crippen molar-refractivity contribution >= 4 is 33.4 Å². The van der Waals surface area contributed by atoms with Crippen LogP contribution in [0.5, 0.6) is 0 Å². The van der Waals surface area contributed by atoms with E-state index in [4.69, 9.17) is 16.6 Å². The Balaban J connectivity index is 1.87. The van der Waals surface area contributed by atoms with Gasteiger partial charge in [0.2, 0.25) is 0 Å². The smallest absolute Gasteiger partial charge is 0.0960 e. The van der Waals surface area contributed by atoms with Gasteiger partial charge in [-0.2, -0.15) is 0 Å². The van der Waals surface area contributed by atoms with Crippen molar-refractivity contribution in [3.8, 4) is 11.3 Å². The standard InChI is InChI=1S/C24H17ClN2/c25-21-12-6-4-11-20(21)23-24-19(14-15-26-23)18-10-5-7-13-22(18)27(24)16-17-8-2-1-3-9-17/h1-15H,16H2. The zero-order chi connectivity index (χ0) is 18.2. The molecule has 0 unspecified atom stereocenters. The Morgan fingerprint density at radius 2 is 1.48 bits per heavy atom. The zero-order valence-corrected chi connectivity index (χ0v) is 15.4. The molecule has 0 aliphatic heterocycles. The molecule has 5 aromatic rings. The topological polar surface area (TPSA) is 17.8 Å². The molecule has 3 heteroatoms. The first-order chi connectivity index (χ1) is 13.3. The molecule has 3 aromatic carbocycles. The number of pyridine rings is 1. The molecule has 0 amide bonds. The lowest BCUT2D eigenvalue weighted by atomic mass is 10.1. The highest BCUT2D eigenvalue weighted by Crippen LogP contribution is 2.37. The lowest BCUT2D eigenvalue weighted by Crippen LogP contribution is -2.01. The number of para-hydroxylation sites is 1. The summed E-state index contributed by atoms with van der Waals surface area (Å²) >= 11 is 6.52. The summed E-state index contributed by atoms with van der Waals surface area (Å²) in [6.07, 6.45) is 1.88. The van der Waals surface area contributed by atoms with E-state index in [9.17, 15) is 0 Å². The molecule has 0 spiro atoms. The van der Waals surface area contributed by atoms with Gasteiger partial charge in [0, 0.05) is 34.6 Å². The summed E-state index contributed by atoms with van der Waals surface area (Å²) < 4.78 is 2.35. The van der Waals surface area contributed by atoms with Crippen molar-refractivity contribution in [3.05, 3.63) is 102 Å². The molecule has 0 radical (unpaired) electrons. The second-order valence-electron chi connectivity index (χ2n) is 6.62. The van der Waals surface area contributed by atoms with E-state index in [1.54, 1.807) is 0 Å². The Bertz CT molecular complexity index is 1260. The molecule has 0 saturated heterocycles. The number of fused-ring (bicyclic) bond motifs is 3. The molecule has 2 aromatic heterocycles. The number of nitrogens with zero attached hydrogens (tertiary/aromatic N) is 2. The van der Waals surface area contributed by atoms with Gasteiger partial charge in [0.1, 0.15) is 0 Å². The van der Waals surface area contributed by atoms with E-state index in [1.165, 1.54) is 21.9 Å². The normalized spacial score (nSPS) is 11.3. The fraction of sp³-hybridized carbons (Fsp3) is 0.0417. The third-order valence-corrected chi connectivity index (χ3v) is 5.32. The average molecular weight is 369 g/mol. The van der Waals surface area contributed by atoms with E-state index in [0.717, 1.165) is 23.3 Å². The predicted molar refractivity (Wildman–Crippen MR) is 113 cm³/mol. The second-order valence-corrected chi connectivity index (χ2v) is 7.03. The third-order valence-electron chi connectivity index (χ3n) is 4.99. The van der Waals surface area contributed by atoms with Crippen LogP contribution in [0.1, 0.15) is 5.56 Å². The van der Waals surface area contributed by atoms with E-state index in [-0.39, 0.29) is 0 Å². The van der Waals surface area contributed by atoms with Gasteiger partial charge in [-0.05, 0) is 23.8 Å². The lowest BCUT2D eigenvalue weighted by Gasteiger charge is -2.11. The van der Waals surface area contributed by atoms with Gasteiger partial charge < -0.3 is 4.57 Å². The van der Waals surface area contributed by atoms with Crippen LogP contribution in [-0.2, 0) is 6.54 Å². The molecule has 5 rings (SSSR count). The summed E-state index contributed by atoms with van der Waals surface area (Å²) in [5.41, 5.74) is 5.47. The summed E-state index contributed by atoms with van der Waals surface area (Å²) in [7, 11) is 0. The van der Waals surface area contributed by atoms with Crippen LogP contribution in [0.3, 0.4) is 0 Å². The molecule has 2 heterocycles. The van der Waals surface area contributed by atoms with Gasteiger partial charge >= 0.3 is 0 Å². The molecule has 130 valence electrons. The molecule has 27 heavy (non-hydrogen) atoms. The van der Waals surface area contributed by atoms with Gasteiger partial charge in [0.05, 0.1) is 16.2 Å². The van der Waals surface area contributed by atoms with E-state index in [2.05, 4.69) is 59.2 Å². The van der Waals surface area contributed by atoms with Gasteiger partial charge in [-0.15, -0.1) is 0 Å². The fourth-order valence-corrected chi connectivity index (χ4v) is 4.01. The molecule has 0 bridgehead atoms. The molecule has 0 atom stereocenters. The van der Waals surface area contributed by atoms with Crippen LogP contribution < -0.4 is 0 Å². The highest BCUT2D eigenvalue weighted by Gasteiger charge is 2.17. The van der Waals surface area contributed by atoms with Crippen molar-refractivity contribution in [1.29, 1.82) is 0 Å². The molecule has 0 saturated carbocycles. The third kappa shape index (κ3) is 2.70. The summed E-state index contributed by atoms with van der Waals surface area (Å²) in [6, 6.07) is 29.1. The first-order valence-corrected chi connectivity index (χ1v) is 9.35. The summed E-state index contributed by atoms with van der Waals surface area (Å²) in [5, 5.41) is 3.15. The van der Waals surface area contributed by atoms with Crippen LogP contribution in [0.4, 0.5) is 0 Å². The minimum Gasteiger partial charge on any atom is -0.334 e. The van der Waals surface area contributed by atoms with Crippen molar-refractivity contribution in [2.45, 2.75) is 6.54 Å². The van der Waals surface area contributed by atoms with Crippen LogP contribution >= 0.6 is 11.6 Å². The number of rotatable bonds is 3. The Labute approximate surface area is 162 Å². The molecular weight excluding hydrogens is 352 g/mol. The Kier molecular flexibility index (Phi) is 3.92. The zero-order valence-electron chi connectivity index (χ0n) is 14.6. The van der Waals surface area contributed by atoms with Crippen LogP contribution in [0.2, 0.25) is 5.02 Å². The molecule has 0 aliphatic rings. The van der Waals surface area contributed by atoms with Crippen LogP contribution in [0.15, 0.2) is 91.1 Å². The minimum atomic E-state index is 0.717. The Hall–Kier alpha value is -3.10. The monoisotopic (exact) mass is 368 g/mol. The number of hydrogen-bond donors (Lipinski definition) is 0. The lowest BCUT2D eigenvalue weighted by molar-refractivity contribution is 0.868. The van der Waals surface area contributed by atoms with E-state index in [1.807, 2.05) is 36.5 Å². The largest absolute Gasteiger partial charge is 0.334 e. The van der Waals surface area contributed by atoms with E-state index < -0.39 is 0 Å². The van der Waals surface area contributed by atoms with Gasteiger partial charge in [-0.1, -0.05) is 78.3 Å². The molecule has 0 fully saturated rings. The summed E-state index contributed by atoms with van der Waals surface area (Å²) in [5.74, 6) is 0. The van der Waals surface area contributed by atoms with Crippen LogP contribution in [0, 0.1) is 0 Å². The fourth-order valence-electron chi connectivity index (χ4n) is 3.78. The average Bonchev–Trinajstić information content (AvgIpc) is 3.04. The molecular formula is C24H17ClN2. The maximum Gasteiger partial charge on any atom is 0.0960 e. The van der Waals surface area contributed by atoms with Gasteiger partial charge in [-0.3, -0.25) is 4.98 Å². The number of halogens is 1. The van der Waals surface area contributed by atoms with Crippen molar-refractivity contribution in [1.82, 2.24) is 9.55 Å². The molecule has 0 aliphatic carbocycles. The molecule has 0 N–H and O–H groups in total. The van der Waals surface area contributed by atoms with E-state index in [0.29, 0.717) is 5.02 Å². The number of aromatic nitrogens is 2. The first kappa shape index (κ1) is 16.1. The van der Waals surface area contributed by atoms with Gasteiger partial charge in [0.15, 0.2) is 0 Å². The van der Waals surface area contributed by atoms with E-state index >= 15 is 0 Å². The first-order valence-electron chi connectivity index (χ1n) is 8.98. The van der Waals surface area contributed by atoms with Crippen molar-refractivity contribution in [3.63, 3.8) is 0 Å². The Morgan fingerprint density at radius 3 is 2.33 bits per heavy atom. The highest BCUT2D eigenvalue weighted by molar-refractivity contribution is 6.33. The Morgan fingerprint density at radius 1 is 0.741 bits per heavy atom. The minimum absolute atomic E-state index is 0.717. The summed E-state index contributed by atoms with van der Waals surface area (Å²) in [4.78, 5) is 4.73. The molecule has 2 nitrogen and oxygen atoms in total. The van der Waals surface area contributed by atoms with Gasteiger partial charge in [0.25, 0.3) is 0 Å². The van der Waals surface area contributed by atoms with Crippen LogP contribution in [0.25, 0.3) is 33.1 Å². The van der Waals surface area contributed by atoms with Crippen molar-refractivity contribution in [2.75, 3.05) is 0 Å². The predicted octanol–water partition coefficient (Wildman–Crippen LogP) is 6.56. The van der Waals surface area contributed by atoms with Crippen molar-refractivity contribution in [2.24, 2.45) is 0 Å². The highest BCUT2D eigenvalue weighted by atomic mass is 35.5. The number of hydrogen-bond acceptors (Lipinski definition) is 1.